The summed E-state index contributed by atoms with van der Waals surface area (Å²) < 4.78 is 0. The second-order valence-corrected chi connectivity index (χ2v) is 17.1. The van der Waals surface area contributed by atoms with Crippen LogP contribution in [-0.2, 0) is 0 Å². The third-order valence-corrected chi connectivity index (χ3v) is 11.9. The van der Waals surface area contributed by atoms with Crippen LogP contribution >= 0.6 is 8.58 Å². The van der Waals surface area contributed by atoms with Gasteiger partial charge in [-0.25, -0.2) is 0 Å². The molecule has 0 nitrogen and oxygen atoms in total. The molecule has 0 aromatic carbocycles. The molecular formula is C37H71P. The Kier molecular flexibility index (Phi) is 16.8. The first-order valence-corrected chi connectivity index (χ1v) is 18.5. The summed E-state index contributed by atoms with van der Waals surface area (Å²) in [6, 6.07) is 0. The van der Waals surface area contributed by atoms with E-state index in [9.17, 15) is 0 Å². The van der Waals surface area contributed by atoms with Crippen LogP contribution in [0.4, 0.5) is 0 Å². The highest BCUT2D eigenvalue weighted by Gasteiger charge is 2.37. The summed E-state index contributed by atoms with van der Waals surface area (Å²) >= 11 is 0. The Morgan fingerprint density at radius 3 is 2.05 bits per heavy atom. The van der Waals surface area contributed by atoms with Crippen LogP contribution in [0.25, 0.3) is 0 Å². The third kappa shape index (κ3) is 13.1. The predicted molar refractivity (Wildman–Crippen MR) is 178 cm³/mol. The van der Waals surface area contributed by atoms with Gasteiger partial charge in [-0.1, -0.05) is 101 Å². The molecule has 0 aliphatic heterocycles. The van der Waals surface area contributed by atoms with Crippen molar-refractivity contribution < 1.29 is 0 Å². The second kappa shape index (κ2) is 17.7. The van der Waals surface area contributed by atoms with E-state index in [-0.39, 0.29) is 5.41 Å². The van der Waals surface area contributed by atoms with Gasteiger partial charge in [0.2, 0.25) is 0 Å². The fourth-order valence-electron chi connectivity index (χ4n) is 7.62. The number of hydrogen-bond acceptors (Lipinski definition) is 0. The van der Waals surface area contributed by atoms with Gasteiger partial charge in [-0.3, -0.25) is 0 Å². The van der Waals surface area contributed by atoms with Crippen molar-refractivity contribution >= 4 is 8.58 Å². The minimum absolute atomic E-state index is 0.269. The van der Waals surface area contributed by atoms with E-state index >= 15 is 0 Å². The van der Waals surface area contributed by atoms with Crippen molar-refractivity contribution in [3.05, 3.63) is 0 Å². The molecule has 0 spiro atoms. The maximum Gasteiger partial charge on any atom is 0.0261 e. The summed E-state index contributed by atoms with van der Waals surface area (Å²) in [6.45, 7) is 26.8. The Hall–Kier alpha value is -0.0100. The van der Waals surface area contributed by atoms with E-state index in [1.807, 2.05) is 0 Å². The molecule has 1 heteroatoms. The molecule has 0 saturated heterocycles. The summed E-state index contributed by atoms with van der Waals surface area (Å²) in [4.78, 5) is 0. The average molecular weight is 547 g/mol. The zero-order valence-corrected chi connectivity index (χ0v) is 29.1. The van der Waals surface area contributed by atoms with Gasteiger partial charge in [-0.15, -0.1) is 20.9 Å². The van der Waals surface area contributed by atoms with Gasteiger partial charge in [-0.05, 0) is 116 Å². The maximum absolute atomic E-state index is 6.31. The molecule has 0 amide bonds. The molecule has 0 N–H and O–H groups in total. The molecule has 0 heterocycles. The smallest absolute Gasteiger partial charge is 0.0261 e. The van der Waals surface area contributed by atoms with Crippen LogP contribution in [0.3, 0.4) is 0 Å². The molecule has 1 rings (SSSR count). The van der Waals surface area contributed by atoms with E-state index in [1.54, 1.807) is 0 Å². The lowest BCUT2D eigenvalue weighted by molar-refractivity contribution is 0.105. The molecule has 1 fully saturated rings. The minimum atomic E-state index is 0.269. The Labute approximate surface area is 244 Å². The molecule has 1 aliphatic carbocycles. The van der Waals surface area contributed by atoms with E-state index in [4.69, 9.17) is 6.42 Å². The number of hydrogen-bond donors (Lipinski definition) is 0. The highest BCUT2D eigenvalue weighted by molar-refractivity contribution is 7.37. The standard InChI is InChI=1S/C37H71P/c1-13-17-18-29(6)23-31-25-30(26-33(27-31)38-12)19-21-37(10,11)22-20-32(15-3)34(16-4)35(36(7,8)9)24-28(5)14-2/h4,28-35,38H,13-15,17-27H2,1-3,5-12H3. The van der Waals surface area contributed by atoms with Crippen molar-refractivity contribution in [1.29, 1.82) is 0 Å². The first kappa shape index (κ1) is 36.0. The molecule has 0 radical (unpaired) electrons. The molecule has 38 heavy (non-hydrogen) atoms. The van der Waals surface area contributed by atoms with Crippen LogP contribution < -0.4 is 0 Å². The minimum Gasteiger partial charge on any atom is -0.122 e. The zero-order chi connectivity index (χ0) is 28.9. The summed E-state index contributed by atoms with van der Waals surface area (Å²) in [5.41, 5.74) is 1.69. The summed E-state index contributed by atoms with van der Waals surface area (Å²) in [6.07, 6.45) is 25.7. The van der Waals surface area contributed by atoms with Gasteiger partial charge in [0.15, 0.2) is 0 Å². The van der Waals surface area contributed by atoms with Gasteiger partial charge in [0.25, 0.3) is 0 Å². The average Bonchev–Trinajstić information content (AvgIpc) is 2.86. The number of terminal acetylenes is 1. The van der Waals surface area contributed by atoms with E-state index in [1.165, 1.54) is 89.9 Å². The largest absolute Gasteiger partial charge is 0.122 e. The molecule has 0 aromatic rings. The van der Waals surface area contributed by atoms with Crippen LogP contribution in [0.1, 0.15) is 159 Å². The van der Waals surface area contributed by atoms with Crippen LogP contribution in [0.5, 0.6) is 0 Å². The van der Waals surface area contributed by atoms with E-state index < -0.39 is 0 Å². The first-order chi connectivity index (χ1) is 17.8. The van der Waals surface area contributed by atoms with Crippen molar-refractivity contribution in [2.24, 2.45) is 52.3 Å². The van der Waals surface area contributed by atoms with E-state index in [0.717, 1.165) is 37.9 Å². The molecule has 9 unspecified atom stereocenters. The van der Waals surface area contributed by atoms with Gasteiger partial charge in [-0.2, -0.15) is 0 Å². The van der Waals surface area contributed by atoms with Gasteiger partial charge in [0.1, 0.15) is 0 Å². The quantitative estimate of drug-likeness (QED) is 0.118. The van der Waals surface area contributed by atoms with Crippen molar-refractivity contribution in [1.82, 2.24) is 0 Å². The van der Waals surface area contributed by atoms with Crippen molar-refractivity contribution in [3.8, 4) is 12.3 Å². The summed E-state index contributed by atoms with van der Waals surface area (Å²) in [5, 5.41) is 0. The Bertz CT molecular complexity index is 649. The first-order valence-electron chi connectivity index (χ1n) is 16.9. The summed E-state index contributed by atoms with van der Waals surface area (Å²) in [5.74, 6) is 8.65. The number of rotatable bonds is 18. The molecule has 0 aromatic heterocycles. The monoisotopic (exact) mass is 547 g/mol. The highest BCUT2D eigenvalue weighted by atomic mass is 31.1. The lowest BCUT2D eigenvalue weighted by Gasteiger charge is -2.41. The molecule has 224 valence electrons. The molecule has 1 aliphatic rings. The fourth-order valence-corrected chi connectivity index (χ4v) is 8.76. The summed E-state index contributed by atoms with van der Waals surface area (Å²) in [7, 11) is 1.13. The lowest BCUT2D eigenvalue weighted by atomic mass is 9.64. The van der Waals surface area contributed by atoms with Crippen molar-refractivity contribution in [2.45, 2.75) is 165 Å². The van der Waals surface area contributed by atoms with E-state index in [2.05, 4.69) is 81.8 Å². The number of unbranched alkanes of at least 4 members (excludes halogenated alkanes) is 1. The molecule has 1 saturated carbocycles. The van der Waals surface area contributed by atoms with Crippen LogP contribution in [0.15, 0.2) is 0 Å². The predicted octanol–water partition coefficient (Wildman–Crippen LogP) is 12.3. The Morgan fingerprint density at radius 2 is 1.53 bits per heavy atom. The Morgan fingerprint density at radius 1 is 0.868 bits per heavy atom. The third-order valence-electron chi connectivity index (χ3n) is 10.6. The fraction of sp³-hybridized carbons (Fsp3) is 0.946. The van der Waals surface area contributed by atoms with Crippen LogP contribution in [0.2, 0.25) is 0 Å². The lowest BCUT2D eigenvalue weighted by Crippen LogP contribution is -2.34. The van der Waals surface area contributed by atoms with Gasteiger partial charge >= 0.3 is 0 Å². The van der Waals surface area contributed by atoms with Gasteiger partial charge in [0, 0.05) is 5.92 Å². The maximum atomic E-state index is 6.31. The molecular weight excluding hydrogens is 475 g/mol. The normalized spacial score (nSPS) is 25.2. The molecule has 0 bridgehead atoms. The van der Waals surface area contributed by atoms with Crippen LogP contribution in [0, 0.1) is 64.6 Å². The van der Waals surface area contributed by atoms with Crippen molar-refractivity contribution in [2.75, 3.05) is 6.66 Å². The molecule has 9 atom stereocenters. The second-order valence-electron chi connectivity index (χ2n) is 15.7. The van der Waals surface area contributed by atoms with Gasteiger partial charge < -0.3 is 0 Å². The zero-order valence-electron chi connectivity index (χ0n) is 28.1. The van der Waals surface area contributed by atoms with E-state index in [0.29, 0.717) is 23.2 Å². The topological polar surface area (TPSA) is 0 Å². The van der Waals surface area contributed by atoms with Crippen LogP contribution in [-0.4, -0.2) is 12.3 Å². The SMILES string of the molecule is C#CC(C(CC)CCC(C)(C)CCC1CC(CC(C)CCCC)CC(PC)C1)C(CC(C)CC)C(C)(C)C. The van der Waals surface area contributed by atoms with Gasteiger partial charge in [0.05, 0.1) is 0 Å². The van der Waals surface area contributed by atoms with Crippen molar-refractivity contribution in [3.63, 3.8) is 0 Å². The highest BCUT2D eigenvalue weighted by Crippen LogP contribution is 2.46. The Balaban J connectivity index is 2.75.